The van der Waals surface area contributed by atoms with E-state index in [-0.39, 0.29) is 46.6 Å². The normalized spacial score (nSPS) is 10.1. The molecule has 0 saturated carbocycles. The van der Waals surface area contributed by atoms with Gasteiger partial charge in [-0.15, -0.1) is 24.8 Å². The first-order chi connectivity index (χ1) is 22.9. The van der Waals surface area contributed by atoms with Gasteiger partial charge in [-0.05, 0) is 42.2 Å². The molecule has 0 aliphatic rings. The number of anilines is 2. The van der Waals surface area contributed by atoms with Crippen molar-refractivity contribution in [1.82, 2.24) is 4.90 Å². The number of hydrogen-bond acceptors (Lipinski definition) is 7. The number of nitrogen functional groups attached to an aromatic ring is 1. The van der Waals surface area contributed by atoms with E-state index in [0.717, 1.165) is 29.7 Å². The van der Waals surface area contributed by atoms with Gasteiger partial charge in [-0.3, -0.25) is 24.6 Å². The molecule has 0 aliphatic heterocycles. The highest BCUT2D eigenvalue weighted by Gasteiger charge is 2.21. The van der Waals surface area contributed by atoms with Crippen LogP contribution in [0.4, 0.5) is 17.1 Å². The van der Waals surface area contributed by atoms with Crippen molar-refractivity contribution in [3.05, 3.63) is 112 Å². The highest BCUT2D eigenvalue weighted by Crippen LogP contribution is 2.38. The van der Waals surface area contributed by atoms with E-state index in [1.165, 1.54) is 17.0 Å². The zero-order valence-corrected chi connectivity index (χ0v) is 30.1. The van der Waals surface area contributed by atoms with Crippen molar-refractivity contribution in [2.45, 2.75) is 31.5 Å². The van der Waals surface area contributed by atoms with E-state index in [9.17, 15) is 19.7 Å². The molecule has 2 amide bonds. The first-order valence-corrected chi connectivity index (χ1v) is 16.4. The van der Waals surface area contributed by atoms with Gasteiger partial charge in [0.2, 0.25) is 5.91 Å². The van der Waals surface area contributed by atoms with Crippen LogP contribution < -0.4 is 15.4 Å². The Labute approximate surface area is 301 Å². The summed E-state index contributed by atoms with van der Waals surface area (Å²) in [6.45, 7) is 12.3. The molecule has 0 bridgehead atoms. The fraction of sp³-hybridized carbons (Fsp3) is 0.294. The van der Waals surface area contributed by atoms with Gasteiger partial charge in [0.25, 0.3) is 11.6 Å². The van der Waals surface area contributed by atoms with Gasteiger partial charge in [0, 0.05) is 26.3 Å². The Hall–Kier alpha value is -3.80. The topological polar surface area (TPSA) is 128 Å². The third kappa shape index (κ3) is 13.0. The number of carbonyl (C=O) groups excluding carboxylic acids is 2. The van der Waals surface area contributed by atoms with Crippen molar-refractivity contribution in [3.63, 3.8) is 0 Å². The number of benzene rings is 3. The number of amides is 2. The molecule has 0 saturated heterocycles. The fourth-order valence-corrected chi connectivity index (χ4v) is 4.76. The summed E-state index contributed by atoms with van der Waals surface area (Å²) in [4.78, 5) is 35.3. The lowest BCUT2D eigenvalue weighted by atomic mass is 10.0. The van der Waals surface area contributed by atoms with Crippen molar-refractivity contribution < 1.29 is 24.0 Å². The maximum Gasteiger partial charge on any atom is 0.293 e. The second-order valence-corrected chi connectivity index (χ2v) is 11.4. The third-order valence-corrected chi connectivity index (χ3v) is 7.39. The first kappa shape index (κ1) is 42.2. The van der Waals surface area contributed by atoms with Gasteiger partial charge in [-0.1, -0.05) is 97.2 Å². The van der Waals surface area contributed by atoms with Crippen molar-refractivity contribution in [3.8, 4) is 11.5 Å². The van der Waals surface area contributed by atoms with Crippen molar-refractivity contribution in [2.75, 3.05) is 43.4 Å². The summed E-state index contributed by atoms with van der Waals surface area (Å²) in [7, 11) is 1.58. The molecule has 0 unspecified atom stereocenters. The Morgan fingerprint density at radius 2 is 1.54 bits per heavy atom. The monoisotopic (exact) mass is 740 g/mol. The molecule has 2 N–H and O–H groups in total. The van der Waals surface area contributed by atoms with Crippen molar-refractivity contribution in [1.29, 1.82) is 0 Å². The van der Waals surface area contributed by atoms with Gasteiger partial charge >= 0.3 is 0 Å². The number of nitrogens with two attached hydrogens (primary N) is 1. The Kier molecular flexibility index (Phi) is 20.0. The highest BCUT2D eigenvalue weighted by molar-refractivity contribution is 6.53. The molecule has 0 fully saturated rings. The van der Waals surface area contributed by atoms with Crippen LogP contribution in [-0.4, -0.2) is 59.3 Å². The molecule has 10 nitrogen and oxygen atoms in total. The number of ether oxygens (including phenoxy) is 2. The maximum absolute atomic E-state index is 12.0. The largest absolute Gasteiger partial charge is 0.456 e. The predicted octanol–water partition coefficient (Wildman–Crippen LogP) is 8.60. The number of alkyl halides is 3. The summed E-state index contributed by atoms with van der Waals surface area (Å²) in [5.74, 6) is 0.371. The average Bonchev–Trinajstić information content (AvgIpc) is 3.09. The molecule has 48 heavy (non-hydrogen) atoms. The van der Waals surface area contributed by atoms with Gasteiger partial charge in [0.15, 0.2) is 4.84 Å². The molecule has 0 spiro atoms. The Morgan fingerprint density at radius 3 is 1.98 bits per heavy atom. The lowest BCUT2D eigenvalue weighted by molar-refractivity contribution is -0.383. The van der Waals surface area contributed by atoms with Gasteiger partial charge < -0.3 is 20.1 Å². The molecule has 0 atom stereocenters. The van der Waals surface area contributed by atoms with E-state index in [1.807, 2.05) is 24.3 Å². The molecule has 0 aliphatic carbocycles. The number of aryl methyl sites for hydroxylation is 2. The zero-order valence-electron chi connectivity index (χ0n) is 27.0. The van der Waals surface area contributed by atoms with E-state index in [0.29, 0.717) is 18.8 Å². The number of carbonyl (C=O) groups is 2. The van der Waals surface area contributed by atoms with Crippen molar-refractivity contribution in [2.24, 2.45) is 0 Å². The quantitative estimate of drug-likeness (QED) is 0.0438. The number of para-hydroxylation sites is 2. The Balaban J connectivity index is 0.000000369. The van der Waals surface area contributed by atoms with E-state index < -0.39 is 9.76 Å². The third-order valence-electron chi connectivity index (χ3n) is 6.39. The number of nitro benzene ring substituents is 1. The Morgan fingerprint density at radius 1 is 0.979 bits per heavy atom. The van der Waals surface area contributed by atoms with E-state index in [2.05, 4.69) is 27.0 Å². The highest BCUT2D eigenvalue weighted by atomic mass is 35.5. The fourth-order valence-electron chi connectivity index (χ4n) is 4.14. The van der Waals surface area contributed by atoms with E-state index >= 15 is 0 Å². The number of methoxy groups -OCH3 is 1. The first-order valence-electron chi connectivity index (χ1n) is 14.6. The summed E-state index contributed by atoms with van der Waals surface area (Å²) >= 11 is 22.4. The summed E-state index contributed by atoms with van der Waals surface area (Å²) in [6.07, 6.45) is 4.97. The van der Waals surface area contributed by atoms with E-state index in [1.54, 1.807) is 48.4 Å². The van der Waals surface area contributed by atoms with Crippen LogP contribution in [0.15, 0.2) is 86.0 Å². The van der Waals surface area contributed by atoms with Crippen LogP contribution in [0.25, 0.3) is 0 Å². The van der Waals surface area contributed by atoms with Gasteiger partial charge in [0.1, 0.15) is 34.8 Å². The minimum absolute atomic E-state index is 0.0352. The molecule has 0 heterocycles. The van der Waals surface area contributed by atoms with Crippen LogP contribution in [0.5, 0.6) is 11.5 Å². The van der Waals surface area contributed by atoms with Crippen LogP contribution in [0, 0.1) is 10.1 Å². The second kappa shape index (κ2) is 22.7. The van der Waals surface area contributed by atoms with Crippen LogP contribution in [0.1, 0.15) is 25.0 Å². The minimum Gasteiger partial charge on any atom is -0.456 e. The second-order valence-electron chi connectivity index (χ2n) is 9.61. The summed E-state index contributed by atoms with van der Waals surface area (Å²) in [5, 5.41) is 10.7. The summed E-state index contributed by atoms with van der Waals surface area (Å²) in [5.41, 5.74) is 8.49. The van der Waals surface area contributed by atoms with Crippen LogP contribution in [0.2, 0.25) is 5.02 Å². The van der Waals surface area contributed by atoms with E-state index in [4.69, 9.17) is 61.6 Å². The van der Waals surface area contributed by atoms with Gasteiger partial charge in [-0.25, -0.2) is 0 Å². The summed E-state index contributed by atoms with van der Waals surface area (Å²) < 4.78 is 10.6. The molecule has 3 aromatic rings. The molecule has 14 heteroatoms. The number of hydrogen-bond donors (Lipinski definition) is 1. The number of rotatable bonds is 14. The lowest BCUT2D eigenvalue weighted by Gasteiger charge is -2.26. The average molecular weight is 743 g/mol. The number of nitro groups is 1. The van der Waals surface area contributed by atoms with Gasteiger partial charge in [-0.2, -0.15) is 0 Å². The lowest BCUT2D eigenvalue weighted by Crippen LogP contribution is -2.35. The Bertz CT molecular complexity index is 1480. The smallest absolute Gasteiger partial charge is 0.293 e. The van der Waals surface area contributed by atoms with Crippen molar-refractivity contribution >= 4 is 75.3 Å². The van der Waals surface area contributed by atoms with Crippen LogP contribution in [0.3, 0.4) is 0 Å². The standard InChI is InChI=1S/C14H20ClNO2.C12H9ClN2O3.C8H11Cl2NO/c1-4-11-7-6-8-12(5-2)14(11)16(10-18-3)13(17)9-15;13-11-10(18-8-4-2-1-3-5-8)7-6-9(12(11)14)15(16)17;1-3-5-11(6-4-2)8(12)7(9)10/h6-8H,4-5,9-10H2,1-3H3;1-7H,14H2;3-4,7H,1-2,5-6H2. The number of halogens is 4. The molecular formula is C34H40Cl4N4O6. The summed E-state index contributed by atoms with van der Waals surface area (Å²) in [6, 6.07) is 17.7. The molecule has 3 aromatic carbocycles. The minimum atomic E-state index is -1.01. The zero-order chi connectivity index (χ0) is 36.2. The molecule has 0 aromatic heterocycles. The maximum atomic E-state index is 12.0. The van der Waals surface area contributed by atoms with Crippen LogP contribution in [-0.2, 0) is 27.2 Å². The molecule has 0 radical (unpaired) electrons. The molecule has 260 valence electrons. The van der Waals surface area contributed by atoms with Gasteiger partial charge in [0.05, 0.1) is 10.6 Å². The molecule has 3 rings (SSSR count). The number of nitrogens with zero attached hydrogens (tertiary/aromatic N) is 3. The SMILES string of the molecule is C=CCN(CC=C)C(=O)C(Cl)Cl.CCc1cccc(CC)c1N(COC)C(=O)CCl.Nc1c([N+](=O)[O-])ccc(Oc2ccccc2)c1Cl. The molecular weight excluding hydrogens is 702 g/mol. The predicted molar refractivity (Wildman–Crippen MR) is 197 cm³/mol. The van der Waals surface area contributed by atoms with Crippen LogP contribution >= 0.6 is 46.4 Å².